The van der Waals surface area contributed by atoms with Crippen molar-refractivity contribution in [3.63, 3.8) is 0 Å². The lowest BCUT2D eigenvalue weighted by atomic mass is 10.0. The number of amides is 1. The van der Waals surface area contributed by atoms with E-state index in [1.807, 2.05) is 27.2 Å². The first-order valence-corrected chi connectivity index (χ1v) is 23.5. The number of carbonyl (C=O) groups is 1. The van der Waals surface area contributed by atoms with Gasteiger partial charge in [0.05, 0.1) is 39.9 Å². The molecular weight excluding hydrogens is 671 g/mol. The number of phosphoric ester groups is 1. The smallest absolute Gasteiger partial charge is 0.268 e. The van der Waals surface area contributed by atoms with E-state index in [0.29, 0.717) is 17.4 Å². The maximum Gasteiger partial charge on any atom is 0.268 e. The first-order chi connectivity index (χ1) is 25.0. The predicted octanol–water partition coefficient (Wildman–Crippen LogP) is 11.3. The number of nitrogens with zero attached hydrogens (tertiary/aromatic N) is 1. The Morgan fingerprint density at radius 1 is 0.654 bits per heavy atom. The number of rotatable bonds is 40. The van der Waals surface area contributed by atoms with Crippen molar-refractivity contribution in [1.29, 1.82) is 0 Å². The summed E-state index contributed by atoms with van der Waals surface area (Å²) in [6.07, 6.45) is 39.9. The van der Waals surface area contributed by atoms with Gasteiger partial charge in [-0.3, -0.25) is 9.36 Å². The van der Waals surface area contributed by atoms with Gasteiger partial charge in [0.2, 0.25) is 5.91 Å². The molecular formula is C43H87N2O6P. The second kappa shape index (κ2) is 35.9. The highest BCUT2D eigenvalue weighted by molar-refractivity contribution is 7.45. The first-order valence-electron chi connectivity index (χ1n) is 22.1. The third-order valence-corrected chi connectivity index (χ3v) is 11.0. The van der Waals surface area contributed by atoms with Crippen LogP contribution in [0.15, 0.2) is 12.2 Å². The van der Waals surface area contributed by atoms with Crippen LogP contribution in [-0.2, 0) is 18.4 Å². The molecule has 0 heterocycles. The largest absolute Gasteiger partial charge is 0.756 e. The Labute approximate surface area is 322 Å². The second-order valence-corrected chi connectivity index (χ2v) is 17.8. The van der Waals surface area contributed by atoms with E-state index in [2.05, 4.69) is 19.2 Å². The maximum absolute atomic E-state index is 12.8. The number of aliphatic hydroxyl groups excluding tert-OH is 1. The third-order valence-electron chi connectivity index (χ3n) is 10.00. The van der Waals surface area contributed by atoms with Crippen LogP contribution in [0.25, 0.3) is 0 Å². The molecule has 0 rings (SSSR count). The van der Waals surface area contributed by atoms with Gasteiger partial charge in [0.25, 0.3) is 7.82 Å². The Balaban J connectivity index is 4.15. The van der Waals surface area contributed by atoms with Crippen molar-refractivity contribution < 1.29 is 32.9 Å². The Kier molecular flexibility index (Phi) is 35.4. The molecule has 310 valence electrons. The number of hydrogen-bond donors (Lipinski definition) is 2. The molecule has 3 unspecified atom stereocenters. The van der Waals surface area contributed by atoms with Gasteiger partial charge in [-0.15, -0.1) is 0 Å². The Morgan fingerprint density at radius 2 is 1.04 bits per heavy atom. The monoisotopic (exact) mass is 759 g/mol. The Morgan fingerprint density at radius 3 is 1.44 bits per heavy atom. The summed E-state index contributed by atoms with van der Waals surface area (Å²) in [6, 6.07) is -0.878. The molecule has 1 amide bonds. The van der Waals surface area contributed by atoms with Gasteiger partial charge in [0.1, 0.15) is 13.2 Å². The van der Waals surface area contributed by atoms with E-state index in [9.17, 15) is 19.4 Å². The van der Waals surface area contributed by atoms with Crippen LogP contribution in [0, 0.1) is 0 Å². The zero-order valence-corrected chi connectivity index (χ0v) is 35.9. The minimum absolute atomic E-state index is 0.00151. The van der Waals surface area contributed by atoms with Crippen molar-refractivity contribution in [3.05, 3.63) is 12.2 Å². The molecule has 0 aromatic carbocycles. The van der Waals surface area contributed by atoms with Crippen molar-refractivity contribution in [2.45, 2.75) is 219 Å². The zero-order chi connectivity index (χ0) is 38.6. The van der Waals surface area contributed by atoms with Gasteiger partial charge in [-0.05, 0) is 19.3 Å². The van der Waals surface area contributed by atoms with Crippen LogP contribution in [0.3, 0.4) is 0 Å². The molecule has 8 nitrogen and oxygen atoms in total. The van der Waals surface area contributed by atoms with Crippen molar-refractivity contribution in [3.8, 4) is 0 Å². The van der Waals surface area contributed by atoms with Crippen LogP contribution < -0.4 is 10.2 Å². The fourth-order valence-corrected chi connectivity index (χ4v) is 7.17. The number of nitrogens with one attached hydrogen (secondary N) is 1. The molecule has 0 aliphatic carbocycles. The lowest BCUT2D eigenvalue weighted by Crippen LogP contribution is -2.45. The number of carbonyl (C=O) groups excluding carboxylic acids is 1. The van der Waals surface area contributed by atoms with Gasteiger partial charge in [0, 0.05) is 6.42 Å². The average Bonchev–Trinajstić information content (AvgIpc) is 3.09. The minimum Gasteiger partial charge on any atom is -0.756 e. The Bertz CT molecular complexity index is 865. The summed E-state index contributed by atoms with van der Waals surface area (Å²) in [7, 11) is 1.27. The molecule has 9 heteroatoms. The van der Waals surface area contributed by atoms with Crippen molar-refractivity contribution in [2.75, 3.05) is 40.9 Å². The molecule has 0 fully saturated rings. The van der Waals surface area contributed by atoms with Crippen molar-refractivity contribution in [1.82, 2.24) is 5.32 Å². The number of hydrogen-bond acceptors (Lipinski definition) is 6. The summed E-state index contributed by atoms with van der Waals surface area (Å²) in [5, 5.41) is 13.7. The SMILES string of the molecule is CCCCCCCC/C=C/C(O)C(COP(=O)([O-])OCC[N+](C)(C)C)NC(=O)CCCCCCCCCCCCCCCCCCCCCCCC. The molecule has 0 saturated carbocycles. The molecule has 52 heavy (non-hydrogen) atoms. The van der Waals surface area contributed by atoms with Crippen LogP contribution in [-0.4, -0.2) is 68.5 Å². The van der Waals surface area contributed by atoms with E-state index in [-0.39, 0.29) is 19.1 Å². The number of allylic oxidation sites excluding steroid dienone is 1. The van der Waals surface area contributed by atoms with E-state index >= 15 is 0 Å². The molecule has 0 aromatic heterocycles. The summed E-state index contributed by atoms with van der Waals surface area (Å²) in [6.45, 7) is 4.61. The maximum atomic E-state index is 12.8. The van der Waals surface area contributed by atoms with E-state index in [0.717, 1.165) is 38.5 Å². The zero-order valence-electron chi connectivity index (χ0n) is 35.0. The van der Waals surface area contributed by atoms with E-state index in [1.54, 1.807) is 6.08 Å². The minimum atomic E-state index is -4.57. The van der Waals surface area contributed by atoms with Crippen LogP contribution in [0.4, 0.5) is 0 Å². The van der Waals surface area contributed by atoms with E-state index < -0.39 is 20.0 Å². The fourth-order valence-electron chi connectivity index (χ4n) is 6.45. The highest BCUT2D eigenvalue weighted by Crippen LogP contribution is 2.38. The molecule has 0 aromatic rings. The lowest BCUT2D eigenvalue weighted by molar-refractivity contribution is -0.870. The molecule has 0 aliphatic heterocycles. The van der Waals surface area contributed by atoms with Crippen molar-refractivity contribution in [2.24, 2.45) is 0 Å². The fraction of sp³-hybridized carbons (Fsp3) is 0.930. The van der Waals surface area contributed by atoms with Crippen LogP contribution in [0.1, 0.15) is 206 Å². The van der Waals surface area contributed by atoms with E-state index in [1.165, 1.54) is 148 Å². The highest BCUT2D eigenvalue weighted by Gasteiger charge is 2.23. The summed E-state index contributed by atoms with van der Waals surface area (Å²) in [4.78, 5) is 25.2. The number of phosphoric acid groups is 1. The third kappa shape index (κ3) is 37.6. The number of unbranched alkanes of at least 4 members (excludes halogenated alkanes) is 27. The molecule has 2 N–H and O–H groups in total. The normalized spacial score (nSPS) is 14.5. The van der Waals surface area contributed by atoms with Crippen LogP contribution in [0.5, 0.6) is 0 Å². The van der Waals surface area contributed by atoms with Gasteiger partial charge in [-0.1, -0.05) is 193 Å². The first kappa shape index (κ1) is 51.2. The summed E-state index contributed by atoms with van der Waals surface area (Å²) < 4.78 is 23.1. The molecule has 0 bridgehead atoms. The van der Waals surface area contributed by atoms with Crippen molar-refractivity contribution >= 4 is 13.7 Å². The van der Waals surface area contributed by atoms with Gasteiger partial charge in [-0.25, -0.2) is 0 Å². The summed E-state index contributed by atoms with van der Waals surface area (Å²) >= 11 is 0. The highest BCUT2D eigenvalue weighted by atomic mass is 31.2. The Hall–Kier alpha value is -0.760. The second-order valence-electron chi connectivity index (χ2n) is 16.4. The molecule has 0 spiro atoms. The molecule has 3 atom stereocenters. The van der Waals surface area contributed by atoms with Gasteiger partial charge in [-0.2, -0.15) is 0 Å². The van der Waals surface area contributed by atoms with Gasteiger partial charge >= 0.3 is 0 Å². The molecule has 0 aliphatic rings. The number of likely N-dealkylation sites (N-methyl/N-ethyl adjacent to an activating group) is 1. The summed E-state index contributed by atoms with van der Waals surface area (Å²) in [5.74, 6) is -0.197. The molecule has 0 saturated heterocycles. The molecule has 0 radical (unpaired) electrons. The van der Waals surface area contributed by atoms with Crippen LogP contribution in [0.2, 0.25) is 0 Å². The average molecular weight is 759 g/mol. The topological polar surface area (TPSA) is 108 Å². The van der Waals surface area contributed by atoms with Gasteiger partial charge < -0.3 is 28.8 Å². The standard InChI is InChI=1S/C43H87N2O6P/c1-6-8-10-12-14-16-17-18-19-20-21-22-23-24-25-26-27-28-29-31-33-35-37-43(47)44-41(40-51-52(48,49)50-39-38-45(3,4)5)42(46)36-34-32-30-15-13-11-9-7-2/h34,36,41-42,46H,6-33,35,37-40H2,1-5H3,(H-,44,47,48,49)/b36-34+. The van der Waals surface area contributed by atoms with Crippen LogP contribution >= 0.6 is 7.82 Å². The summed E-state index contributed by atoms with van der Waals surface area (Å²) in [5.41, 5.74) is 0. The number of aliphatic hydroxyl groups is 1. The number of quaternary nitrogens is 1. The lowest BCUT2D eigenvalue weighted by Gasteiger charge is -2.29. The predicted molar refractivity (Wildman–Crippen MR) is 219 cm³/mol. The van der Waals surface area contributed by atoms with E-state index in [4.69, 9.17) is 9.05 Å². The quantitative estimate of drug-likeness (QED) is 0.0279. The van der Waals surface area contributed by atoms with Gasteiger partial charge in [0.15, 0.2) is 0 Å².